The quantitative estimate of drug-likeness (QED) is 0.388. The second-order valence-corrected chi connectivity index (χ2v) is 10.8. The monoisotopic (exact) mass is 443 g/mol. The first kappa shape index (κ1) is 18.6. The summed E-state index contributed by atoms with van der Waals surface area (Å²) < 4.78 is 30.5. The molecule has 0 spiro atoms. The highest BCUT2D eigenvalue weighted by molar-refractivity contribution is 7.89. The molecule has 2 aromatic carbocycles. The van der Waals surface area contributed by atoms with Crippen molar-refractivity contribution in [3.05, 3.63) is 59.5 Å². The second kappa shape index (κ2) is 7.10. The number of fused-ring (bicyclic) bond motifs is 3. The molecule has 148 valence electrons. The van der Waals surface area contributed by atoms with Crippen LogP contribution in [0.3, 0.4) is 0 Å². The molecule has 6 nitrogen and oxygen atoms in total. The fourth-order valence-corrected chi connectivity index (χ4v) is 6.73. The molecular weight excluding hydrogens is 426 g/mol. The lowest BCUT2D eigenvalue weighted by molar-refractivity contribution is 0.0966. The van der Waals surface area contributed by atoms with Gasteiger partial charge in [0.1, 0.15) is 0 Å². The van der Waals surface area contributed by atoms with Crippen LogP contribution in [0.4, 0.5) is 5.69 Å². The average molecular weight is 444 g/mol. The smallest absolute Gasteiger partial charge is 0.279 e. The van der Waals surface area contributed by atoms with Crippen LogP contribution in [-0.4, -0.2) is 20.4 Å². The average Bonchev–Trinajstić information content (AvgIpc) is 3.30. The van der Waals surface area contributed by atoms with Crippen LogP contribution in [-0.2, 0) is 10.0 Å². The molecule has 1 aliphatic carbocycles. The van der Waals surface area contributed by atoms with Crippen LogP contribution in [0.2, 0.25) is 0 Å². The van der Waals surface area contributed by atoms with Crippen molar-refractivity contribution in [3.63, 3.8) is 0 Å². The summed E-state index contributed by atoms with van der Waals surface area (Å²) in [5.41, 5.74) is 6.12. The van der Waals surface area contributed by atoms with E-state index in [4.69, 9.17) is 0 Å². The summed E-state index contributed by atoms with van der Waals surface area (Å²) in [6, 6.07) is 16.4. The van der Waals surface area contributed by atoms with Crippen molar-refractivity contribution in [1.82, 2.24) is 10.1 Å². The molecule has 3 N–H and O–H groups in total. The summed E-state index contributed by atoms with van der Waals surface area (Å²) in [6.45, 7) is 0. The van der Waals surface area contributed by atoms with Gasteiger partial charge in [0.25, 0.3) is 5.91 Å². The lowest BCUT2D eigenvalue weighted by atomic mass is 10.2. The highest BCUT2D eigenvalue weighted by Crippen LogP contribution is 2.39. The van der Waals surface area contributed by atoms with Crippen LogP contribution in [0, 0.1) is 0 Å². The topological polar surface area (TPSA) is 87.3 Å². The fourth-order valence-electron chi connectivity index (χ4n) is 3.01. The Kier molecular flexibility index (Phi) is 4.54. The van der Waals surface area contributed by atoms with Crippen LogP contribution in [0.25, 0.3) is 19.5 Å². The van der Waals surface area contributed by atoms with Gasteiger partial charge in [0.15, 0.2) is 0 Å². The molecular formula is C20H17N3O3S3. The molecule has 0 atom stereocenters. The van der Waals surface area contributed by atoms with Gasteiger partial charge in [0, 0.05) is 20.8 Å². The maximum atomic E-state index is 12.5. The van der Waals surface area contributed by atoms with Crippen LogP contribution in [0.15, 0.2) is 59.5 Å². The molecule has 0 bridgehead atoms. The number of hydrazine groups is 1. The van der Waals surface area contributed by atoms with Crippen molar-refractivity contribution >= 4 is 63.8 Å². The Labute approximate surface area is 175 Å². The third-order valence-corrected chi connectivity index (χ3v) is 8.61. The Morgan fingerprint density at radius 1 is 0.966 bits per heavy atom. The molecule has 1 fully saturated rings. The molecule has 2 aromatic heterocycles. The molecule has 0 saturated heterocycles. The van der Waals surface area contributed by atoms with Crippen molar-refractivity contribution in [2.24, 2.45) is 0 Å². The van der Waals surface area contributed by atoms with E-state index in [9.17, 15) is 13.2 Å². The maximum Gasteiger partial charge on any atom is 0.279 e. The van der Waals surface area contributed by atoms with Gasteiger partial charge in [0.05, 0.1) is 20.2 Å². The van der Waals surface area contributed by atoms with Gasteiger partial charge in [-0.15, -0.1) is 22.7 Å². The van der Waals surface area contributed by atoms with Crippen LogP contribution >= 0.6 is 22.7 Å². The van der Waals surface area contributed by atoms with Crippen LogP contribution in [0.5, 0.6) is 0 Å². The molecule has 0 aliphatic heterocycles. The zero-order chi connectivity index (χ0) is 20.0. The summed E-state index contributed by atoms with van der Waals surface area (Å²) in [7, 11) is -3.48. The fraction of sp³-hybridized carbons (Fsp3) is 0.150. The van der Waals surface area contributed by atoms with E-state index in [-0.39, 0.29) is 16.8 Å². The Balaban J connectivity index is 1.27. The number of hydrogen-bond acceptors (Lipinski definition) is 6. The molecule has 29 heavy (non-hydrogen) atoms. The van der Waals surface area contributed by atoms with Gasteiger partial charge < -0.3 is 0 Å². The number of carbonyl (C=O) groups excluding carboxylic acids is 1. The Morgan fingerprint density at radius 2 is 1.72 bits per heavy atom. The van der Waals surface area contributed by atoms with Gasteiger partial charge in [0.2, 0.25) is 10.0 Å². The third-order valence-electron chi connectivity index (χ3n) is 4.66. The molecule has 0 unspecified atom stereocenters. The zero-order valence-corrected chi connectivity index (χ0v) is 17.6. The molecule has 5 rings (SSSR count). The van der Waals surface area contributed by atoms with Gasteiger partial charge in [-0.05, 0) is 49.2 Å². The van der Waals surface area contributed by atoms with E-state index in [2.05, 4.69) is 27.7 Å². The van der Waals surface area contributed by atoms with Gasteiger partial charge in [-0.3, -0.25) is 15.6 Å². The van der Waals surface area contributed by atoms with Crippen molar-refractivity contribution in [3.8, 4) is 0 Å². The summed E-state index contributed by atoms with van der Waals surface area (Å²) in [5.74, 6) is -0.227. The van der Waals surface area contributed by atoms with E-state index in [1.54, 1.807) is 23.5 Å². The largest absolute Gasteiger partial charge is 0.298 e. The number of sulfonamides is 1. The van der Waals surface area contributed by atoms with Crippen LogP contribution < -0.4 is 15.6 Å². The molecule has 4 aromatic rings. The van der Waals surface area contributed by atoms with Gasteiger partial charge in [-0.25, -0.2) is 13.1 Å². The first-order valence-electron chi connectivity index (χ1n) is 9.09. The van der Waals surface area contributed by atoms with Crippen molar-refractivity contribution in [2.75, 3.05) is 5.43 Å². The predicted molar refractivity (Wildman–Crippen MR) is 118 cm³/mol. The number of thiophene rings is 2. The van der Waals surface area contributed by atoms with E-state index < -0.39 is 10.0 Å². The van der Waals surface area contributed by atoms with Gasteiger partial charge in [-0.1, -0.05) is 18.2 Å². The van der Waals surface area contributed by atoms with Crippen LogP contribution in [0.1, 0.15) is 22.5 Å². The van der Waals surface area contributed by atoms with E-state index in [0.717, 1.165) is 22.2 Å². The summed E-state index contributed by atoms with van der Waals surface area (Å²) in [5, 5.41) is 1.17. The number of rotatable bonds is 6. The number of benzene rings is 2. The lowest BCUT2D eigenvalue weighted by Gasteiger charge is -2.09. The summed E-state index contributed by atoms with van der Waals surface area (Å²) >= 11 is 3.14. The maximum absolute atomic E-state index is 12.5. The highest BCUT2D eigenvalue weighted by atomic mass is 32.2. The third kappa shape index (κ3) is 3.74. The number of anilines is 1. The summed E-state index contributed by atoms with van der Waals surface area (Å²) in [6.07, 6.45) is 1.78. The number of amides is 1. The van der Waals surface area contributed by atoms with Gasteiger partial charge in [-0.2, -0.15) is 0 Å². The van der Waals surface area contributed by atoms with E-state index in [1.807, 2.05) is 18.2 Å². The summed E-state index contributed by atoms with van der Waals surface area (Å²) in [4.78, 5) is 13.3. The first-order valence-corrected chi connectivity index (χ1v) is 12.2. The van der Waals surface area contributed by atoms with Crippen molar-refractivity contribution < 1.29 is 13.2 Å². The Hall–Kier alpha value is -2.46. The van der Waals surface area contributed by atoms with Gasteiger partial charge >= 0.3 is 0 Å². The lowest BCUT2D eigenvalue weighted by Crippen LogP contribution is -2.28. The molecule has 1 saturated carbocycles. The minimum atomic E-state index is -3.48. The number of hydrogen-bond donors (Lipinski definition) is 3. The van der Waals surface area contributed by atoms with E-state index >= 15 is 0 Å². The molecule has 1 amide bonds. The zero-order valence-electron chi connectivity index (χ0n) is 15.1. The SMILES string of the molecule is O=C(NNc1ccc(S(=O)(=O)NC2CC2)cc1)c1cc2sc3ccccc3c2s1. The highest BCUT2D eigenvalue weighted by Gasteiger charge is 2.27. The molecule has 2 heterocycles. The number of nitrogens with one attached hydrogen (secondary N) is 3. The second-order valence-electron chi connectivity index (χ2n) is 6.90. The minimum Gasteiger partial charge on any atom is -0.298 e. The van der Waals surface area contributed by atoms with E-state index in [0.29, 0.717) is 10.6 Å². The predicted octanol–water partition coefficient (Wildman–Crippen LogP) is 4.31. The molecule has 9 heteroatoms. The van der Waals surface area contributed by atoms with Crippen molar-refractivity contribution in [1.29, 1.82) is 0 Å². The standard InChI is InChI=1S/C20H17N3O3S3/c24-20(18-11-17-19(28-18)15-3-1-2-4-16(15)27-17)22-21-12-7-9-14(10-8-12)29(25,26)23-13-5-6-13/h1-4,7-11,13,21,23H,5-6H2,(H,22,24). The Morgan fingerprint density at radius 3 is 2.48 bits per heavy atom. The normalized spacial score (nSPS) is 14.3. The number of carbonyl (C=O) groups is 1. The first-order chi connectivity index (χ1) is 14.0. The molecule has 0 radical (unpaired) electrons. The minimum absolute atomic E-state index is 0.0645. The Bertz CT molecular complexity index is 1320. The van der Waals surface area contributed by atoms with E-state index in [1.165, 1.54) is 33.6 Å². The van der Waals surface area contributed by atoms with Crippen molar-refractivity contribution in [2.45, 2.75) is 23.8 Å². The molecule has 1 aliphatic rings.